The Bertz CT molecular complexity index is 618. The number of hydrogen-bond acceptors (Lipinski definition) is 3. The van der Waals surface area contributed by atoms with E-state index in [0.717, 1.165) is 0 Å². The largest absolute Gasteiger partial charge is 0.480 e. The van der Waals surface area contributed by atoms with Crippen LogP contribution in [0, 0.1) is 5.82 Å². The monoisotopic (exact) mass is 336 g/mol. The summed E-state index contributed by atoms with van der Waals surface area (Å²) < 4.78 is 13.3. The summed E-state index contributed by atoms with van der Waals surface area (Å²) in [5.74, 6) is -2.70. The van der Waals surface area contributed by atoms with E-state index in [1.165, 1.54) is 25.1 Å². The Labute approximate surface area is 139 Å². The molecule has 3 N–H and O–H groups in total. The van der Waals surface area contributed by atoms with Crippen molar-refractivity contribution >= 4 is 17.8 Å². The number of carboxylic acids is 1. The predicted octanol–water partition coefficient (Wildman–Crippen LogP) is 1.41. The molecule has 7 heteroatoms. The summed E-state index contributed by atoms with van der Waals surface area (Å²) in [7, 11) is 0. The van der Waals surface area contributed by atoms with Crippen LogP contribution in [0.5, 0.6) is 0 Å². The molecule has 0 saturated carbocycles. The minimum atomic E-state index is -1.17. The number of amides is 2. The maximum atomic E-state index is 13.3. The lowest BCUT2D eigenvalue weighted by molar-refractivity contribution is -0.142. The molecule has 2 atom stereocenters. The molecule has 0 unspecified atom stereocenters. The van der Waals surface area contributed by atoms with Crippen molar-refractivity contribution in [3.05, 3.63) is 48.3 Å². The molecule has 0 heterocycles. The van der Waals surface area contributed by atoms with E-state index >= 15 is 0 Å². The van der Waals surface area contributed by atoms with Crippen molar-refractivity contribution in [2.24, 2.45) is 0 Å². The van der Waals surface area contributed by atoms with Crippen LogP contribution in [0.15, 0.2) is 36.9 Å². The van der Waals surface area contributed by atoms with E-state index in [-0.39, 0.29) is 12.8 Å². The molecule has 0 aromatic heterocycles. The van der Waals surface area contributed by atoms with Crippen LogP contribution < -0.4 is 10.6 Å². The summed E-state index contributed by atoms with van der Waals surface area (Å²) in [5.41, 5.74) is 0.516. The first-order valence-corrected chi connectivity index (χ1v) is 7.49. The van der Waals surface area contributed by atoms with Gasteiger partial charge in [-0.2, -0.15) is 0 Å². The highest BCUT2D eigenvalue weighted by atomic mass is 19.1. The van der Waals surface area contributed by atoms with E-state index in [9.17, 15) is 18.8 Å². The Morgan fingerprint density at radius 2 is 2.00 bits per heavy atom. The average molecular weight is 336 g/mol. The number of nitrogens with one attached hydrogen (secondary N) is 2. The van der Waals surface area contributed by atoms with Gasteiger partial charge >= 0.3 is 5.97 Å². The van der Waals surface area contributed by atoms with Crippen molar-refractivity contribution in [3.8, 4) is 0 Å². The van der Waals surface area contributed by atoms with Gasteiger partial charge in [0.1, 0.15) is 17.9 Å². The third kappa shape index (κ3) is 6.60. The lowest BCUT2D eigenvalue weighted by Gasteiger charge is -2.21. The van der Waals surface area contributed by atoms with E-state index in [2.05, 4.69) is 17.2 Å². The van der Waals surface area contributed by atoms with Crippen molar-refractivity contribution in [2.75, 3.05) is 0 Å². The average Bonchev–Trinajstić information content (AvgIpc) is 2.49. The summed E-state index contributed by atoms with van der Waals surface area (Å²) in [6.07, 6.45) is 2.22. The van der Waals surface area contributed by atoms with Crippen molar-refractivity contribution in [1.29, 1.82) is 0 Å². The van der Waals surface area contributed by atoms with Gasteiger partial charge in [0.15, 0.2) is 0 Å². The van der Waals surface area contributed by atoms with Gasteiger partial charge in [-0.25, -0.2) is 9.18 Å². The number of allylic oxidation sites excluding steroid dienone is 1. The van der Waals surface area contributed by atoms with Crippen LogP contribution in [0.1, 0.15) is 25.3 Å². The van der Waals surface area contributed by atoms with E-state index in [1.54, 1.807) is 12.1 Å². The van der Waals surface area contributed by atoms with Crippen LogP contribution in [0.3, 0.4) is 0 Å². The summed E-state index contributed by atoms with van der Waals surface area (Å²) in [6.45, 7) is 4.76. The number of carboxylic acid groups (broad SMARTS) is 1. The highest BCUT2D eigenvalue weighted by Crippen LogP contribution is 2.08. The highest BCUT2D eigenvalue weighted by Gasteiger charge is 2.25. The first-order valence-electron chi connectivity index (χ1n) is 7.49. The van der Waals surface area contributed by atoms with Gasteiger partial charge in [0.05, 0.1) is 0 Å². The Morgan fingerprint density at radius 1 is 1.29 bits per heavy atom. The van der Waals surface area contributed by atoms with Crippen molar-refractivity contribution in [2.45, 2.75) is 38.3 Å². The molecular weight excluding hydrogens is 315 g/mol. The normalized spacial score (nSPS) is 12.8. The molecule has 2 amide bonds. The van der Waals surface area contributed by atoms with Gasteiger partial charge in [-0.05, 0) is 30.5 Å². The number of rotatable bonds is 9. The maximum absolute atomic E-state index is 13.3. The molecule has 130 valence electrons. The van der Waals surface area contributed by atoms with Crippen LogP contribution in [0.4, 0.5) is 4.39 Å². The lowest BCUT2D eigenvalue weighted by atomic mass is 10.0. The molecule has 0 spiro atoms. The third-order valence-corrected chi connectivity index (χ3v) is 3.30. The van der Waals surface area contributed by atoms with Crippen molar-refractivity contribution in [1.82, 2.24) is 10.6 Å². The van der Waals surface area contributed by atoms with Crippen LogP contribution in [0.2, 0.25) is 0 Å². The molecule has 0 saturated heterocycles. The molecule has 1 aromatic rings. The number of benzene rings is 1. The van der Waals surface area contributed by atoms with Crippen LogP contribution in [-0.4, -0.2) is 35.0 Å². The molecule has 0 bridgehead atoms. The van der Waals surface area contributed by atoms with Crippen LogP contribution in [-0.2, 0) is 20.8 Å². The van der Waals surface area contributed by atoms with Crippen LogP contribution >= 0.6 is 0 Å². The van der Waals surface area contributed by atoms with E-state index in [4.69, 9.17) is 5.11 Å². The molecule has 6 nitrogen and oxygen atoms in total. The van der Waals surface area contributed by atoms with Gasteiger partial charge in [-0.1, -0.05) is 18.2 Å². The molecule has 0 aliphatic carbocycles. The molecule has 0 fully saturated rings. The SMILES string of the molecule is C=CCC[C@H](NC(=O)[C@H](Cc1cccc(F)c1)NC(C)=O)C(=O)O. The predicted molar refractivity (Wildman–Crippen MR) is 86.7 cm³/mol. The summed E-state index contributed by atoms with van der Waals surface area (Å²) in [6, 6.07) is 3.57. The first kappa shape index (κ1) is 19.3. The van der Waals surface area contributed by atoms with E-state index < -0.39 is 35.7 Å². The minimum Gasteiger partial charge on any atom is -0.480 e. The quantitative estimate of drug-likeness (QED) is 0.594. The number of halogens is 1. The van der Waals surface area contributed by atoms with Gasteiger partial charge in [-0.3, -0.25) is 9.59 Å². The fraction of sp³-hybridized carbons (Fsp3) is 0.353. The highest BCUT2D eigenvalue weighted by molar-refractivity contribution is 5.90. The van der Waals surface area contributed by atoms with Crippen molar-refractivity contribution in [3.63, 3.8) is 0 Å². The topological polar surface area (TPSA) is 95.5 Å². The number of hydrogen-bond donors (Lipinski definition) is 3. The second-order valence-electron chi connectivity index (χ2n) is 5.35. The summed E-state index contributed by atoms with van der Waals surface area (Å²) in [5, 5.41) is 14.0. The molecule has 0 radical (unpaired) electrons. The molecule has 1 rings (SSSR count). The second kappa shape index (κ2) is 9.44. The summed E-state index contributed by atoms with van der Waals surface area (Å²) in [4.78, 5) is 34.9. The van der Waals surface area contributed by atoms with Gasteiger partial charge in [0.2, 0.25) is 11.8 Å². The van der Waals surface area contributed by atoms with Gasteiger partial charge in [0, 0.05) is 13.3 Å². The minimum absolute atomic E-state index is 0.0526. The lowest BCUT2D eigenvalue weighted by Crippen LogP contribution is -2.52. The van der Waals surface area contributed by atoms with Gasteiger partial charge in [-0.15, -0.1) is 6.58 Å². The Balaban J connectivity index is 2.85. The van der Waals surface area contributed by atoms with Gasteiger partial charge in [0.25, 0.3) is 0 Å². The number of aliphatic carboxylic acids is 1. The molecular formula is C17H21FN2O4. The summed E-state index contributed by atoms with van der Waals surface area (Å²) >= 11 is 0. The molecule has 1 aromatic carbocycles. The zero-order chi connectivity index (χ0) is 18.1. The smallest absolute Gasteiger partial charge is 0.326 e. The fourth-order valence-corrected chi connectivity index (χ4v) is 2.17. The number of carbonyl (C=O) groups is 3. The zero-order valence-electron chi connectivity index (χ0n) is 13.4. The zero-order valence-corrected chi connectivity index (χ0v) is 13.4. The Hall–Kier alpha value is -2.70. The van der Waals surface area contributed by atoms with Gasteiger partial charge < -0.3 is 15.7 Å². The molecule has 24 heavy (non-hydrogen) atoms. The standard InChI is InChI=1S/C17H21FN2O4/c1-3-4-8-14(17(23)24)20-16(22)15(19-11(2)21)10-12-6-5-7-13(18)9-12/h3,5-7,9,14-15H,1,4,8,10H2,2H3,(H,19,21)(H,20,22)(H,23,24)/t14-,15-/m0/s1. The number of carbonyl (C=O) groups excluding carboxylic acids is 2. The Kier molecular flexibility index (Phi) is 7.61. The van der Waals surface area contributed by atoms with E-state index in [1.807, 2.05) is 0 Å². The third-order valence-electron chi connectivity index (χ3n) is 3.30. The molecule has 0 aliphatic rings. The second-order valence-corrected chi connectivity index (χ2v) is 5.35. The fourth-order valence-electron chi connectivity index (χ4n) is 2.17. The van der Waals surface area contributed by atoms with Crippen molar-refractivity contribution < 1.29 is 23.9 Å². The Morgan fingerprint density at radius 3 is 2.54 bits per heavy atom. The first-order chi connectivity index (χ1) is 11.3. The molecule has 0 aliphatic heterocycles. The van der Waals surface area contributed by atoms with Crippen LogP contribution in [0.25, 0.3) is 0 Å². The van der Waals surface area contributed by atoms with E-state index in [0.29, 0.717) is 12.0 Å². The maximum Gasteiger partial charge on any atom is 0.326 e.